The second-order valence-electron chi connectivity index (χ2n) is 6.46. The molecule has 0 atom stereocenters. The molecule has 31 heavy (non-hydrogen) atoms. The van der Waals surface area contributed by atoms with E-state index in [1.165, 1.54) is 35.5 Å². The highest BCUT2D eigenvalue weighted by molar-refractivity contribution is 7.12. The van der Waals surface area contributed by atoms with Crippen molar-refractivity contribution < 1.29 is 9.53 Å². The van der Waals surface area contributed by atoms with E-state index in [1.54, 1.807) is 6.07 Å². The number of aromatic nitrogens is 5. The molecule has 11 heteroatoms. The Bertz CT molecular complexity index is 1230. The van der Waals surface area contributed by atoms with E-state index in [0.29, 0.717) is 27.0 Å². The van der Waals surface area contributed by atoms with E-state index >= 15 is 0 Å². The molecule has 0 spiro atoms. The summed E-state index contributed by atoms with van der Waals surface area (Å²) < 4.78 is 6.77. The van der Waals surface area contributed by atoms with Crippen LogP contribution in [0.1, 0.15) is 20.2 Å². The van der Waals surface area contributed by atoms with Gasteiger partial charge in [0.15, 0.2) is 0 Å². The zero-order chi connectivity index (χ0) is 22.0. The zero-order valence-corrected chi connectivity index (χ0v) is 18.8. The second-order valence-corrected chi connectivity index (χ2v) is 8.59. The van der Waals surface area contributed by atoms with Gasteiger partial charge in [0.2, 0.25) is 0 Å². The Morgan fingerprint density at radius 2 is 2.00 bits per heavy atom. The lowest BCUT2D eigenvalue weighted by Crippen LogP contribution is -2.23. The Balaban J connectivity index is 1.52. The Morgan fingerprint density at radius 3 is 2.68 bits per heavy atom. The van der Waals surface area contributed by atoms with Crippen molar-refractivity contribution in [2.24, 2.45) is 0 Å². The molecule has 0 bridgehead atoms. The van der Waals surface area contributed by atoms with Gasteiger partial charge in [0, 0.05) is 21.5 Å². The Labute approximate surface area is 191 Å². The molecule has 8 nitrogen and oxygen atoms in total. The Hall–Kier alpha value is -3.01. The standard InChI is InChI=1S/C20H16Cl2N6O2S/c1-11-19(12-3-5-13(21)6-4-12)25-18(31-11)9-23-20(29)14-7-15(22)16(8-17(14)30-2)28-10-24-26-27-28/h3-8,10H,9H2,1-2H3,(H,23,29). The van der Waals surface area contributed by atoms with Crippen molar-refractivity contribution in [3.05, 3.63) is 68.2 Å². The number of aryl methyl sites for hydroxylation is 1. The third-order valence-electron chi connectivity index (χ3n) is 4.47. The normalized spacial score (nSPS) is 10.8. The van der Waals surface area contributed by atoms with Gasteiger partial charge in [-0.3, -0.25) is 4.79 Å². The third-order valence-corrected chi connectivity index (χ3v) is 5.99. The van der Waals surface area contributed by atoms with Crippen molar-refractivity contribution in [1.82, 2.24) is 30.5 Å². The molecule has 2 aromatic heterocycles. The van der Waals surface area contributed by atoms with Crippen LogP contribution in [-0.4, -0.2) is 38.2 Å². The fourth-order valence-electron chi connectivity index (χ4n) is 2.99. The summed E-state index contributed by atoms with van der Waals surface area (Å²) >= 11 is 13.8. The first-order valence-electron chi connectivity index (χ1n) is 9.07. The number of carbonyl (C=O) groups is 1. The molecule has 4 aromatic rings. The summed E-state index contributed by atoms with van der Waals surface area (Å²) in [5.41, 5.74) is 2.65. The highest BCUT2D eigenvalue weighted by Crippen LogP contribution is 2.30. The number of tetrazole rings is 1. The zero-order valence-electron chi connectivity index (χ0n) is 16.5. The SMILES string of the molecule is COc1cc(-n2cnnn2)c(Cl)cc1C(=O)NCc1nc(-c2ccc(Cl)cc2)c(C)s1. The average Bonchev–Trinajstić information content (AvgIpc) is 3.42. The molecular weight excluding hydrogens is 459 g/mol. The largest absolute Gasteiger partial charge is 0.496 e. The molecule has 158 valence electrons. The molecule has 0 aliphatic carbocycles. The molecule has 1 N–H and O–H groups in total. The van der Waals surface area contributed by atoms with Crippen LogP contribution in [0.25, 0.3) is 16.9 Å². The third kappa shape index (κ3) is 4.53. The van der Waals surface area contributed by atoms with Gasteiger partial charge in [0.1, 0.15) is 17.1 Å². The molecule has 0 saturated carbocycles. The smallest absolute Gasteiger partial charge is 0.255 e. The Kier molecular flexibility index (Phi) is 6.17. The van der Waals surface area contributed by atoms with Crippen LogP contribution in [0.2, 0.25) is 10.0 Å². The van der Waals surface area contributed by atoms with Crippen LogP contribution in [0.4, 0.5) is 0 Å². The topological polar surface area (TPSA) is 94.8 Å². The van der Waals surface area contributed by atoms with E-state index in [0.717, 1.165) is 21.1 Å². The van der Waals surface area contributed by atoms with Crippen molar-refractivity contribution in [3.63, 3.8) is 0 Å². The van der Waals surface area contributed by atoms with Crippen molar-refractivity contribution in [2.75, 3.05) is 7.11 Å². The van der Waals surface area contributed by atoms with E-state index in [-0.39, 0.29) is 12.5 Å². The maximum atomic E-state index is 12.8. The van der Waals surface area contributed by atoms with Gasteiger partial charge in [-0.1, -0.05) is 35.3 Å². The summed E-state index contributed by atoms with van der Waals surface area (Å²) in [6, 6.07) is 10.6. The van der Waals surface area contributed by atoms with Gasteiger partial charge in [0.25, 0.3) is 5.91 Å². The number of rotatable bonds is 6. The lowest BCUT2D eigenvalue weighted by atomic mass is 10.1. The van der Waals surface area contributed by atoms with Gasteiger partial charge in [-0.2, -0.15) is 4.68 Å². The molecule has 0 saturated heterocycles. The summed E-state index contributed by atoms with van der Waals surface area (Å²) in [5.74, 6) is 0.0208. The van der Waals surface area contributed by atoms with E-state index in [2.05, 4.69) is 25.8 Å². The minimum atomic E-state index is -0.331. The number of hydrogen-bond acceptors (Lipinski definition) is 7. The minimum absolute atomic E-state index is 0.271. The second kappa shape index (κ2) is 9.01. The summed E-state index contributed by atoms with van der Waals surface area (Å²) in [6.45, 7) is 2.26. The predicted octanol–water partition coefficient (Wildman–Crippen LogP) is 4.34. The van der Waals surface area contributed by atoms with Crippen LogP contribution < -0.4 is 10.1 Å². The van der Waals surface area contributed by atoms with Gasteiger partial charge in [-0.05, 0) is 35.5 Å². The van der Waals surface area contributed by atoms with E-state index in [1.807, 2.05) is 31.2 Å². The first-order chi connectivity index (χ1) is 15.0. The van der Waals surface area contributed by atoms with Gasteiger partial charge in [0.05, 0.1) is 35.6 Å². The molecule has 0 aliphatic heterocycles. The number of nitrogens with zero attached hydrogens (tertiary/aromatic N) is 5. The number of carbonyl (C=O) groups excluding carboxylic acids is 1. The number of methoxy groups -OCH3 is 1. The Morgan fingerprint density at radius 1 is 1.23 bits per heavy atom. The molecule has 0 radical (unpaired) electrons. The number of benzene rings is 2. The first kappa shape index (κ1) is 21.2. The minimum Gasteiger partial charge on any atom is -0.496 e. The van der Waals surface area contributed by atoms with Crippen LogP contribution in [0.3, 0.4) is 0 Å². The van der Waals surface area contributed by atoms with Crippen LogP contribution in [0, 0.1) is 6.92 Å². The van der Waals surface area contributed by atoms with E-state index < -0.39 is 0 Å². The molecule has 1 amide bonds. The first-order valence-corrected chi connectivity index (χ1v) is 10.6. The van der Waals surface area contributed by atoms with Crippen molar-refractivity contribution in [1.29, 1.82) is 0 Å². The van der Waals surface area contributed by atoms with Gasteiger partial charge in [-0.15, -0.1) is 16.4 Å². The summed E-state index contributed by atoms with van der Waals surface area (Å²) in [4.78, 5) is 18.5. The van der Waals surface area contributed by atoms with Crippen LogP contribution in [0.5, 0.6) is 5.75 Å². The lowest BCUT2D eigenvalue weighted by Gasteiger charge is -2.12. The highest BCUT2D eigenvalue weighted by atomic mass is 35.5. The molecule has 0 fully saturated rings. The van der Waals surface area contributed by atoms with Gasteiger partial charge >= 0.3 is 0 Å². The maximum absolute atomic E-state index is 12.8. The molecule has 4 rings (SSSR count). The predicted molar refractivity (Wildman–Crippen MR) is 119 cm³/mol. The van der Waals surface area contributed by atoms with Gasteiger partial charge in [-0.25, -0.2) is 4.98 Å². The summed E-state index contributed by atoms with van der Waals surface area (Å²) in [6.07, 6.45) is 1.41. The summed E-state index contributed by atoms with van der Waals surface area (Å²) in [7, 11) is 1.48. The highest BCUT2D eigenvalue weighted by Gasteiger charge is 2.18. The number of ether oxygens (including phenoxy) is 1. The van der Waals surface area contributed by atoms with Gasteiger partial charge < -0.3 is 10.1 Å². The molecule has 2 aromatic carbocycles. The van der Waals surface area contributed by atoms with Crippen LogP contribution in [0.15, 0.2) is 42.7 Å². The number of halogens is 2. The summed E-state index contributed by atoms with van der Waals surface area (Å²) in [5, 5.41) is 15.6. The van der Waals surface area contributed by atoms with Crippen molar-refractivity contribution in [3.8, 4) is 22.7 Å². The van der Waals surface area contributed by atoms with Crippen molar-refractivity contribution in [2.45, 2.75) is 13.5 Å². The molecule has 2 heterocycles. The lowest BCUT2D eigenvalue weighted by molar-refractivity contribution is 0.0948. The van der Waals surface area contributed by atoms with E-state index in [4.69, 9.17) is 27.9 Å². The molecule has 0 aliphatic rings. The van der Waals surface area contributed by atoms with Crippen LogP contribution >= 0.6 is 34.5 Å². The van der Waals surface area contributed by atoms with E-state index in [9.17, 15) is 4.79 Å². The number of thiazole rings is 1. The van der Waals surface area contributed by atoms with Crippen LogP contribution in [-0.2, 0) is 6.54 Å². The fourth-order valence-corrected chi connectivity index (χ4v) is 4.26. The number of amides is 1. The molecular formula is C20H16Cl2N6O2S. The maximum Gasteiger partial charge on any atom is 0.255 e. The molecule has 0 unspecified atom stereocenters. The number of hydrogen-bond donors (Lipinski definition) is 1. The quantitative estimate of drug-likeness (QED) is 0.446. The van der Waals surface area contributed by atoms with Crippen molar-refractivity contribution >= 4 is 40.4 Å². The number of nitrogens with one attached hydrogen (secondary N) is 1. The fraction of sp³-hybridized carbons (Fsp3) is 0.150. The monoisotopic (exact) mass is 474 g/mol. The average molecular weight is 475 g/mol.